The first-order chi connectivity index (χ1) is 14.5. The molecule has 2 heterocycles. The zero-order valence-corrected chi connectivity index (χ0v) is 18.1. The number of nitrogens with zero attached hydrogens (tertiary/aromatic N) is 3. The SMILES string of the molecule is COc1ccc(-c2nnc(-c3cc(S(=O)(=O)N4CCCCCC4)ccc3Cl)o2)cc1. The van der Waals surface area contributed by atoms with Gasteiger partial charge in [-0.25, -0.2) is 8.42 Å². The van der Waals surface area contributed by atoms with E-state index in [0.717, 1.165) is 31.2 Å². The third-order valence-corrected chi connectivity index (χ3v) is 7.36. The Balaban J connectivity index is 1.66. The Hall–Kier alpha value is -2.42. The molecule has 1 saturated heterocycles. The first-order valence-corrected chi connectivity index (χ1v) is 11.6. The van der Waals surface area contributed by atoms with Crippen LogP contribution in [0.2, 0.25) is 5.02 Å². The molecule has 0 atom stereocenters. The third-order valence-electron chi connectivity index (χ3n) is 5.13. The second kappa shape index (κ2) is 8.75. The lowest BCUT2D eigenvalue weighted by Crippen LogP contribution is -2.31. The summed E-state index contributed by atoms with van der Waals surface area (Å²) in [5.74, 6) is 1.19. The first-order valence-electron chi connectivity index (χ1n) is 9.77. The van der Waals surface area contributed by atoms with E-state index in [2.05, 4.69) is 10.2 Å². The van der Waals surface area contributed by atoms with E-state index in [1.54, 1.807) is 41.7 Å². The Morgan fingerprint density at radius 1 is 0.967 bits per heavy atom. The minimum absolute atomic E-state index is 0.165. The highest BCUT2D eigenvalue weighted by Gasteiger charge is 2.26. The van der Waals surface area contributed by atoms with Crippen molar-refractivity contribution < 1.29 is 17.6 Å². The van der Waals surface area contributed by atoms with Crippen LogP contribution in [0, 0.1) is 0 Å². The molecule has 1 aliphatic rings. The van der Waals surface area contributed by atoms with Crippen LogP contribution in [0.25, 0.3) is 22.9 Å². The van der Waals surface area contributed by atoms with Crippen LogP contribution < -0.4 is 4.74 Å². The van der Waals surface area contributed by atoms with Gasteiger partial charge in [-0.1, -0.05) is 24.4 Å². The number of benzene rings is 2. The highest BCUT2D eigenvalue weighted by molar-refractivity contribution is 7.89. The van der Waals surface area contributed by atoms with Gasteiger partial charge in [0.25, 0.3) is 0 Å². The van der Waals surface area contributed by atoms with E-state index in [0.29, 0.717) is 35.3 Å². The summed E-state index contributed by atoms with van der Waals surface area (Å²) < 4.78 is 38.7. The van der Waals surface area contributed by atoms with Gasteiger partial charge >= 0.3 is 0 Å². The molecule has 0 amide bonds. The molecular formula is C21H22ClN3O4S. The second-order valence-electron chi connectivity index (χ2n) is 7.10. The average molecular weight is 448 g/mol. The number of ether oxygens (including phenoxy) is 1. The summed E-state index contributed by atoms with van der Waals surface area (Å²) in [6.45, 7) is 1.06. The fourth-order valence-electron chi connectivity index (χ4n) is 3.44. The molecule has 0 aliphatic carbocycles. The van der Waals surface area contributed by atoms with Gasteiger partial charge in [-0.3, -0.25) is 0 Å². The van der Waals surface area contributed by atoms with Crippen LogP contribution in [-0.4, -0.2) is 43.1 Å². The van der Waals surface area contributed by atoms with Crippen molar-refractivity contribution in [3.8, 4) is 28.7 Å². The zero-order chi connectivity index (χ0) is 21.1. The quantitative estimate of drug-likeness (QED) is 0.566. The monoisotopic (exact) mass is 447 g/mol. The van der Waals surface area contributed by atoms with E-state index >= 15 is 0 Å². The van der Waals surface area contributed by atoms with Gasteiger partial charge in [-0.05, 0) is 55.3 Å². The highest BCUT2D eigenvalue weighted by Crippen LogP contribution is 2.33. The lowest BCUT2D eigenvalue weighted by molar-refractivity contribution is 0.415. The number of hydrogen-bond acceptors (Lipinski definition) is 6. The molecule has 0 spiro atoms. The zero-order valence-electron chi connectivity index (χ0n) is 16.5. The molecule has 0 radical (unpaired) electrons. The molecule has 4 rings (SSSR count). The van der Waals surface area contributed by atoms with Gasteiger partial charge in [0.15, 0.2) is 0 Å². The minimum atomic E-state index is -3.61. The van der Waals surface area contributed by atoms with E-state index in [1.165, 1.54) is 12.1 Å². The molecule has 2 aromatic carbocycles. The number of rotatable bonds is 5. The van der Waals surface area contributed by atoms with Crippen LogP contribution in [0.1, 0.15) is 25.7 Å². The lowest BCUT2D eigenvalue weighted by atomic mass is 10.2. The van der Waals surface area contributed by atoms with Crippen LogP contribution in [-0.2, 0) is 10.0 Å². The van der Waals surface area contributed by atoms with Crippen molar-refractivity contribution in [1.82, 2.24) is 14.5 Å². The van der Waals surface area contributed by atoms with Crippen LogP contribution in [0.3, 0.4) is 0 Å². The summed E-state index contributed by atoms with van der Waals surface area (Å²) in [6, 6.07) is 11.8. The van der Waals surface area contributed by atoms with Crippen molar-refractivity contribution >= 4 is 21.6 Å². The van der Waals surface area contributed by atoms with Crippen molar-refractivity contribution in [1.29, 1.82) is 0 Å². The predicted molar refractivity (Wildman–Crippen MR) is 114 cm³/mol. The Bertz CT molecular complexity index is 1120. The summed E-state index contributed by atoms with van der Waals surface area (Å²) in [7, 11) is -2.02. The van der Waals surface area contributed by atoms with Gasteiger partial charge in [-0.15, -0.1) is 10.2 Å². The van der Waals surface area contributed by atoms with Gasteiger partial charge in [0.2, 0.25) is 21.8 Å². The van der Waals surface area contributed by atoms with Gasteiger partial charge in [0, 0.05) is 18.7 Å². The van der Waals surface area contributed by atoms with Crippen LogP contribution >= 0.6 is 11.6 Å². The van der Waals surface area contributed by atoms with Crippen molar-refractivity contribution in [3.05, 3.63) is 47.5 Å². The molecule has 158 valence electrons. The van der Waals surface area contributed by atoms with E-state index < -0.39 is 10.0 Å². The van der Waals surface area contributed by atoms with Crippen molar-refractivity contribution in [2.75, 3.05) is 20.2 Å². The Morgan fingerprint density at radius 3 is 2.30 bits per heavy atom. The number of aromatic nitrogens is 2. The smallest absolute Gasteiger partial charge is 0.249 e. The van der Waals surface area contributed by atoms with E-state index in [1.807, 2.05) is 0 Å². The highest BCUT2D eigenvalue weighted by atomic mass is 35.5. The molecule has 30 heavy (non-hydrogen) atoms. The first kappa shape index (κ1) is 20.8. The van der Waals surface area contributed by atoms with Crippen molar-refractivity contribution in [3.63, 3.8) is 0 Å². The third kappa shape index (κ3) is 4.21. The average Bonchev–Trinajstić information content (AvgIpc) is 3.07. The predicted octanol–water partition coefficient (Wildman–Crippen LogP) is 4.63. The summed E-state index contributed by atoms with van der Waals surface area (Å²) in [5, 5.41) is 8.50. The maximum absolute atomic E-state index is 13.1. The summed E-state index contributed by atoms with van der Waals surface area (Å²) in [6.07, 6.45) is 3.84. The summed E-state index contributed by atoms with van der Waals surface area (Å²) in [4.78, 5) is 0.174. The molecule has 7 nitrogen and oxygen atoms in total. The molecule has 0 bridgehead atoms. The van der Waals surface area contributed by atoms with Crippen LogP contribution in [0.4, 0.5) is 0 Å². The van der Waals surface area contributed by atoms with Gasteiger partial charge in [0.1, 0.15) is 5.75 Å². The Morgan fingerprint density at radius 2 is 1.63 bits per heavy atom. The van der Waals surface area contributed by atoms with Crippen molar-refractivity contribution in [2.45, 2.75) is 30.6 Å². The van der Waals surface area contributed by atoms with Crippen molar-refractivity contribution in [2.24, 2.45) is 0 Å². The standard InChI is InChI=1S/C21H22ClN3O4S/c1-28-16-8-6-15(7-9-16)20-23-24-21(29-20)18-14-17(10-11-19(18)22)30(26,27)25-12-4-2-3-5-13-25/h6-11,14H,2-5,12-13H2,1H3. The van der Waals surface area contributed by atoms with Crippen LogP contribution in [0.5, 0.6) is 5.75 Å². The van der Waals surface area contributed by atoms with E-state index in [-0.39, 0.29) is 10.8 Å². The fraction of sp³-hybridized carbons (Fsp3) is 0.333. The maximum Gasteiger partial charge on any atom is 0.249 e. The van der Waals surface area contributed by atoms with E-state index in [9.17, 15) is 8.42 Å². The van der Waals surface area contributed by atoms with Gasteiger partial charge in [-0.2, -0.15) is 4.31 Å². The Labute approximate surface area is 180 Å². The summed E-state index contributed by atoms with van der Waals surface area (Å²) in [5.41, 5.74) is 1.11. The molecule has 1 aliphatic heterocycles. The normalized spacial score (nSPS) is 15.7. The largest absolute Gasteiger partial charge is 0.497 e. The molecule has 1 aromatic heterocycles. The topological polar surface area (TPSA) is 85.5 Å². The molecule has 3 aromatic rings. The fourth-order valence-corrected chi connectivity index (χ4v) is 5.18. The summed E-state index contributed by atoms with van der Waals surface area (Å²) >= 11 is 6.33. The molecule has 1 fully saturated rings. The molecule has 9 heteroatoms. The minimum Gasteiger partial charge on any atom is -0.497 e. The second-order valence-corrected chi connectivity index (χ2v) is 9.45. The van der Waals surface area contributed by atoms with E-state index in [4.69, 9.17) is 20.8 Å². The number of hydrogen-bond donors (Lipinski definition) is 0. The van der Waals surface area contributed by atoms with Gasteiger partial charge in [0.05, 0.1) is 22.6 Å². The Kier molecular flexibility index (Phi) is 6.08. The number of sulfonamides is 1. The van der Waals surface area contributed by atoms with Gasteiger partial charge < -0.3 is 9.15 Å². The molecule has 0 saturated carbocycles. The number of methoxy groups -OCH3 is 1. The van der Waals surface area contributed by atoms with Crippen LogP contribution in [0.15, 0.2) is 51.8 Å². The molecular weight excluding hydrogens is 426 g/mol. The number of halogens is 1. The lowest BCUT2D eigenvalue weighted by Gasteiger charge is -2.20. The maximum atomic E-state index is 13.1. The molecule has 0 N–H and O–H groups in total. The molecule has 0 unspecified atom stereocenters.